The van der Waals surface area contributed by atoms with Crippen LogP contribution in [0.3, 0.4) is 0 Å². The van der Waals surface area contributed by atoms with Gasteiger partial charge >= 0.3 is 12.0 Å². The van der Waals surface area contributed by atoms with Crippen molar-refractivity contribution in [2.45, 2.75) is 104 Å². The molecule has 1 saturated carbocycles. The minimum absolute atomic E-state index is 0.162. The first-order valence-electron chi connectivity index (χ1n) is 12.8. The van der Waals surface area contributed by atoms with Crippen molar-refractivity contribution in [3.05, 3.63) is 24.4 Å². The van der Waals surface area contributed by atoms with Crippen molar-refractivity contribution in [1.29, 1.82) is 0 Å². The second-order valence-electron chi connectivity index (χ2n) is 12.2. The van der Waals surface area contributed by atoms with E-state index in [0.29, 0.717) is 31.8 Å². The molecule has 0 bridgehead atoms. The third kappa shape index (κ3) is 4.86. The Bertz CT molecular complexity index is 907. The Balaban J connectivity index is 1.74. The number of hydrogen-bond acceptors (Lipinski definition) is 4. The summed E-state index contributed by atoms with van der Waals surface area (Å²) < 4.78 is 0. The van der Waals surface area contributed by atoms with Crippen LogP contribution in [0.15, 0.2) is 24.4 Å². The van der Waals surface area contributed by atoms with Gasteiger partial charge in [-0.25, -0.2) is 4.79 Å². The molecule has 1 aliphatic carbocycles. The van der Waals surface area contributed by atoms with Crippen LogP contribution in [0.25, 0.3) is 0 Å². The third-order valence-corrected chi connectivity index (χ3v) is 8.97. The van der Waals surface area contributed by atoms with E-state index in [1.54, 1.807) is 22.9 Å². The molecule has 5 atom stereocenters. The van der Waals surface area contributed by atoms with Crippen LogP contribution in [0.1, 0.15) is 74.1 Å². The SMILES string of the molecule is CC(C)N(C)C1CCC(N2CC[C@H](NC(=O)N3C=CC=CC3(C)C(C)(C)C)C2=O)C(C)(C(=O)O)C1. The highest BCUT2D eigenvalue weighted by atomic mass is 16.4. The Morgan fingerprint density at radius 2 is 1.83 bits per heavy atom. The second-order valence-corrected chi connectivity index (χ2v) is 12.2. The molecule has 0 spiro atoms. The number of likely N-dealkylation sites (tertiary alicyclic amines) is 1. The number of carboxylic acid groups (broad SMARTS) is 1. The van der Waals surface area contributed by atoms with E-state index in [1.807, 2.05) is 32.2 Å². The normalized spacial score (nSPS) is 33.7. The van der Waals surface area contributed by atoms with E-state index in [0.717, 1.165) is 6.42 Å². The number of amides is 3. The van der Waals surface area contributed by atoms with Crippen LogP contribution in [0, 0.1) is 10.8 Å². The van der Waals surface area contributed by atoms with Gasteiger partial charge in [-0.05, 0) is 71.9 Å². The number of carboxylic acids is 1. The van der Waals surface area contributed by atoms with Gasteiger partial charge in [0, 0.05) is 30.9 Å². The van der Waals surface area contributed by atoms with Gasteiger partial charge in [0.05, 0.1) is 11.0 Å². The molecule has 3 amide bonds. The highest BCUT2D eigenvalue weighted by molar-refractivity contribution is 5.90. The van der Waals surface area contributed by atoms with Gasteiger partial charge in [0.2, 0.25) is 5.91 Å². The minimum atomic E-state index is -1.04. The maximum absolute atomic E-state index is 13.5. The fourth-order valence-corrected chi connectivity index (χ4v) is 5.76. The van der Waals surface area contributed by atoms with Gasteiger partial charge in [0.1, 0.15) is 6.04 Å². The van der Waals surface area contributed by atoms with Gasteiger partial charge in [-0.3, -0.25) is 14.5 Å². The fourth-order valence-electron chi connectivity index (χ4n) is 5.76. The van der Waals surface area contributed by atoms with Crippen LogP contribution in [0.2, 0.25) is 0 Å². The maximum atomic E-state index is 13.5. The summed E-state index contributed by atoms with van der Waals surface area (Å²) in [6, 6.07) is -0.870. The zero-order chi connectivity index (χ0) is 26.3. The molecule has 2 aliphatic heterocycles. The monoisotopic (exact) mass is 488 g/mol. The number of rotatable bonds is 5. The molecule has 35 heavy (non-hydrogen) atoms. The number of urea groups is 1. The molecule has 4 unspecified atom stereocenters. The molecule has 2 fully saturated rings. The van der Waals surface area contributed by atoms with Crippen molar-refractivity contribution in [3.63, 3.8) is 0 Å². The summed E-state index contributed by atoms with van der Waals surface area (Å²) in [5.74, 6) is -1.05. The molecular weight excluding hydrogens is 444 g/mol. The molecule has 3 rings (SSSR count). The first kappa shape index (κ1) is 27.2. The van der Waals surface area contributed by atoms with Crippen LogP contribution >= 0.6 is 0 Å². The standard InChI is InChI=1S/C27H44N4O4/c1-18(2)29(8)19-11-12-21(26(6,17-19)23(33)34)30-16-13-20(22(30)32)28-24(35)31-15-10-9-14-27(31,7)25(3,4)5/h9-10,14-15,18-21H,11-13,16-17H2,1-8H3,(H,28,35)(H,33,34)/t19?,20-,21?,26?,27?/m0/s1. The summed E-state index contributed by atoms with van der Waals surface area (Å²) >= 11 is 0. The largest absolute Gasteiger partial charge is 0.481 e. The highest BCUT2D eigenvalue weighted by Gasteiger charge is 2.53. The number of aliphatic carboxylic acids is 1. The number of nitrogens with zero attached hydrogens (tertiary/aromatic N) is 3. The van der Waals surface area contributed by atoms with Crippen LogP contribution in [-0.4, -0.2) is 81.0 Å². The Kier molecular flexibility index (Phi) is 7.47. The van der Waals surface area contributed by atoms with Crippen LogP contribution < -0.4 is 5.32 Å². The summed E-state index contributed by atoms with van der Waals surface area (Å²) in [5, 5.41) is 13.2. The number of nitrogens with one attached hydrogen (secondary N) is 1. The summed E-state index contributed by atoms with van der Waals surface area (Å²) in [6.07, 6.45) is 9.99. The number of hydrogen-bond donors (Lipinski definition) is 2. The molecule has 8 nitrogen and oxygen atoms in total. The van der Waals surface area contributed by atoms with Crippen LogP contribution in [0.5, 0.6) is 0 Å². The van der Waals surface area contributed by atoms with E-state index in [9.17, 15) is 19.5 Å². The van der Waals surface area contributed by atoms with Crippen LogP contribution in [0.4, 0.5) is 4.79 Å². The summed E-state index contributed by atoms with van der Waals surface area (Å²) in [6.45, 7) is 14.7. The zero-order valence-electron chi connectivity index (χ0n) is 22.7. The lowest BCUT2D eigenvalue weighted by atomic mass is 9.68. The van der Waals surface area contributed by atoms with E-state index in [1.165, 1.54) is 0 Å². The maximum Gasteiger partial charge on any atom is 0.322 e. The molecule has 196 valence electrons. The van der Waals surface area contributed by atoms with Crippen molar-refractivity contribution in [1.82, 2.24) is 20.0 Å². The molecule has 0 aromatic rings. The van der Waals surface area contributed by atoms with Crippen LogP contribution in [-0.2, 0) is 9.59 Å². The smallest absolute Gasteiger partial charge is 0.322 e. The Morgan fingerprint density at radius 3 is 2.40 bits per heavy atom. The van der Waals surface area contributed by atoms with E-state index < -0.39 is 23.0 Å². The molecule has 2 heterocycles. The molecule has 3 aliphatic rings. The topological polar surface area (TPSA) is 93.2 Å². The lowest BCUT2D eigenvalue weighted by Gasteiger charge is -2.48. The van der Waals surface area contributed by atoms with E-state index in [4.69, 9.17) is 0 Å². The van der Waals surface area contributed by atoms with Gasteiger partial charge in [0.15, 0.2) is 0 Å². The Labute approximate surface area is 210 Å². The molecule has 0 aromatic carbocycles. The van der Waals surface area contributed by atoms with E-state index in [2.05, 4.69) is 44.8 Å². The number of allylic oxidation sites excluding steroid dienone is 2. The lowest BCUT2D eigenvalue weighted by molar-refractivity contribution is -0.159. The summed E-state index contributed by atoms with van der Waals surface area (Å²) in [4.78, 5) is 44.9. The van der Waals surface area contributed by atoms with Crippen molar-refractivity contribution in [3.8, 4) is 0 Å². The molecular formula is C27H44N4O4. The number of carbonyl (C=O) groups is 3. The van der Waals surface area contributed by atoms with Crippen molar-refractivity contribution in [2.75, 3.05) is 13.6 Å². The molecule has 0 aromatic heterocycles. The first-order chi connectivity index (χ1) is 16.1. The minimum Gasteiger partial charge on any atom is -0.481 e. The fraction of sp³-hybridized carbons (Fsp3) is 0.741. The Morgan fingerprint density at radius 1 is 1.17 bits per heavy atom. The van der Waals surface area contributed by atoms with Gasteiger partial charge in [-0.1, -0.05) is 32.9 Å². The van der Waals surface area contributed by atoms with Crippen molar-refractivity contribution < 1.29 is 19.5 Å². The molecule has 1 saturated heterocycles. The highest BCUT2D eigenvalue weighted by Crippen LogP contribution is 2.43. The quantitative estimate of drug-likeness (QED) is 0.613. The summed E-state index contributed by atoms with van der Waals surface area (Å²) in [5.41, 5.74) is -1.80. The van der Waals surface area contributed by atoms with Crippen molar-refractivity contribution >= 4 is 17.9 Å². The molecule has 8 heteroatoms. The summed E-state index contributed by atoms with van der Waals surface area (Å²) in [7, 11) is 2.04. The zero-order valence-corrected chi connectivity index (χ0v) is 22.7. The van der Waals surface area contributed by atoms with Gasteiger partial charge in [0.25, 0.3) is 0 Å². The lowest BCUT2D eigenvalue weighted by Crippen LogP contribution is -2.60. The van der Waals surface area contributed by atoms with Gasteiger partial charge in [-0.15, -0.1) is 0 Å². The average molecular weight is 489 g/mol. The van der Waals surface area contributed by atoms with Crippen molar-refractivity contribution in [2.24, 2.45) is 10.8 Å². The predicted octanol–water partition coefficient (Wildman–Crippen LogP) is 3.84. The van der Waals surface area contributed by atoms with Gasteiger partial charge in [-0.2, -0.15) is 0 Å². The first-order valence-corrected chi connectivity index (χ1v) is 12.8. The third-order valence-electron chi connectivity index (χ3n) is 8.97. The average Bonchev–Trinajstić information content (AvgIpc) is 3.12. The molecule has 0 radical (unpaired) electrons. The second kappa shape index (κ2) is 9.60. The predicted molar refractivity (Wildman–Crippen MR) is 137 cm³/mol. The van der Waals surface area contributed by atoms with E-state index >= 15 is 0 Å². The Hall–Kier alpha value is -2.35. The van der Waals surface area contributed by atoms with E-state index in [-0.39, 0.29) is 29.4 Å². The number of carbonyl (C=O) groups excluding carboxylic acids is 2. The molecule has 2 N–H and O–H groups in total. The van der Waals surface area contributed by atoms with Gasteiger partial charge < -0.3 is 20.2 Å².